The van der Waals surface area contributed by atoms with Crippen LogP contribution in [-0.2, 0) is 11.3 Å². The van der Waals surface area contributed by atoms with E-state index in [1.54, 1.807) is 0 Å². The summed E-state index contributed by atoms with van der Waals surface area (Å²) in [6.45, 7) is 7.57. The summed E-state index contributed by atoms with van der Waals surface area (Å²) in [5.74, 6) is 0.683. The molecule has 3 nitrogen and oxygen atoms in total. The second kappa shape index (κ2) is 6.60. The van der Waals surface area contributed by atoms with Gasteiger partial charge >= 0.3 is 0 Å². The van der Waals surface area contributed by atoms with Gasteiger partial charge in [0, 0.05) is 17.8 Å². The van der Waals surface area contributed by atoms with Crippen LogP contribution in [-0.4, -0.2) is 17.0 Å². The van der Waals surface area contributed by atoms with E-state index in [1.165, 1.54) is 5.39 Å². The van der Waals surface area contributed by atoms with Crippen molar-refractivity contribution in [3.63, 3.8) is 0 Å². The lowest BCUT2D eigenvalue weighted by molar-refractivity contribution is -0.121. The summed E-state index contributed by atoms with van der Waals surface area (Å²) in [7, 11) is 0. The number of carbonyl (C=O) groups excluding carboxylic acids is 1. The van der Waals surface area contributed by atoms with Crippen LogP contribution < -0.4 is 5.32 Å². The fourth-order valence-corrected chi connectivity index (χ4v) is 2.59. The van der Waals surface area contributed by atoms with Crippen LogP contribution in [0, 0.1) is 12.8 Å². The van der Waals surface area contributed by atoms with Gasteiger partial charge in [-0.25, -0.2) is 0 Å². The molecule has 3 heteroatoms. The molecule has 1 aromatic carbocycles. The first-order valence-corrected chi connectivity index (χ1v) is 7.47. The monoisotopic (exact) mass is 272 g/mol. The molecule has 2 rings (SSSR count). The van der Waals surface area contributed by atoms with Crippen molar-refractivity contribution >= 4 is 16.8 Å². The van der Waals surface area contributed by atoms with Crippen molar-refractivity contribution in [1.82, 2.24) is 9.88 Å². The molecule has 1 aromatic heterocycles. The Kier molecular flexibility index (Phi) is 4.83. The molecule has 20 heavy (non-hydrogen) atoms. The summed E-state index contributed by atoms with van der Waals surface area (Å²) in [5.41, 5.74) is 2.26. The van der Waals surface area contributed by atoms with E-state index in [2.05, 4.69) is 41.9 Å². The zero-order valence-electron chi connectivity index (χ0n) is 12.6. The third-order valence-corrected chi connectivity index (χ3v) is 4.06. The first-order chi connectivity index (χ1) is 9.65. The molecule has 1 N–H and O–H groups in total. The Morgan fingerprint density at radius 3 is 2.65 bits per heavy atom. The Balaban J connectivity index is 2.04. The Morgan fingerprint density at radius 1 is 1.25 bits per heavy atom. The Bertz CT molecular complexity index is 582. The number of nitrogens with one attached hydrogen (secondary N) is 1. The number of benzene rings is 1. The van der Waals surface area contributed by atoms with Gasteiger partial charge in [-0.3, -0.25) is 4.79 Å². The SMILES string of the molecule is CCC(CC)CNC(=O)Cn1c(C)cc2ccccc21. The predicted octanol–water partition coefficient (Wildman–Crippen LogP) is 3.50. The maximum Gasteiger partial charge on any atom is 0.239 e. The molecule has 0 aliphatic carbocycles. The molecule has 0 saturated carbocycles. The van der Waals surface area contributed by atoms with Crippen molar-refractivity contribution in [3.8, 4) is 0 Å². The number of hydrogen-bond donors (Lipinski definition) is 1. The topological polar surface area (TPSA) is 34.0 Å². The summed E-state index contributed by atoms with van der Waals surface area (Å²) in [6, 6.07) is 10.3. The smallest absolute Gasteiger partial charge is 0.239 e. The molecule has 0 atom stereocenters. The summed E-state index contributed by atoms with van der Waals surface area (Å²) in [4.78, 5) is 12.1. The number of rotatable bonds is 6. The van der Waals surface area contributed by atoms with Crippen molar-refractivity contribution in [2.24, 2.45) is 5.92 Å². The fourth-order valence-electron chi connectivity index (χ4n) is 2.59. The second-order valence-corrected chi connectivity index (χ2v) is 5.42. The molecule has 0 unspecified atom stereocenters. The van der Waals surface area contributed by atoms with Gasteiger partial charge in [-0.15, -0.1) is 0 Å². The average molecular weight is 272 g/mol. The summed E-state index contributed by atoms with van der Waals surface area (Å²) in [5, 5.41) is 4.25. The third-order valence-electron chi connectivity index (χ3n) is 4.06. The van der Waals surface area contributed by atoms with Gasteiger partial charge in [-0.1, -0.05) is 44.9 Å². The summed E-state index contributed by atoms with van der Waals surface area (Å²) in [6.07, 6.45) is 2.23. The molecule has 0 spiro atoms. The standard InChI is InChI=1S/C17H24N2O/c1-4-14(5-2)11-18-17(20)12-19-13(3)10-15-8-6-7-9-16(15)19/h6-10,14H,4-5,11-12H2,1-3H3,(H,18,20). The van der Waals surface area contributed by atoms with Crippen LogP contribution in [0.5, 0.6) is 0 Å². The maximum atomic E-state index is 12.1. The van der Waals surface area contributed by atoms with Crippen molar-refractivity contribution < 1.29 is 4.79 Å². The van der Waals surface area contributed by atoms with Crippen molar-refractivity contribution in [2.45, 2.75) is 40.2 Å². The Labute approximate surface area is 121 Å². The zero-order valence-corrected chi connectivity index (χ0v) is 12.6. The number of nitrogens with zero attached hydrogens (tertiary/aromatic N) is 1. The first-order valence-electron chi connectivity index (χ1n) is 7.47. The third kappa shape index (κ3) is 3.21. The van der Waals surface area contributed by atoms with E-state index in [-0.39, 0.29) is 5.91 Å². The highest BCUT2D eigenvalue weighted by molar-refractivity contribution is 5.84. The van der Waals surface area contributed by atoms with Gasteiger partial charge < -0.3 is 9.88 Å². The summed E-state index contributed by atoms with van der Waals surface area (Å²) < 4.78 is 2.08. The minimum absolute atomic E-state index is 0.0985. The number of aryl methyl sites for hydroxylation is 1. The normalized spacial score (nSPS) is 11.2. The number of aromatic nitrogens is 1. The van der Waals surface area contributed by atoms with Crippen molar-refractivity contribution in [2.75, 3.05) is 6.54 Å². The maximum absolute atomic E-state index is 12.1. The highest BCUT2D eigenvalue weighted by atomic mass is 16.1. The van der Waals surface area contributed by atoms with E-state index in [9.17, 15) is 4.79 Å². The van der Waals surface area contributed by atoms with Crippen LogP contribution in [0.25, 0.3) is 10.9 Å². The second-order valence-electron chi connectivity index (χ2n) is 5.42. The van der Waals surface area contributed by atoms with E-state index in [0.717, 1.165) is 30.6 Å². The van der Waals surface area contributed by atoms with Gasteiger partial charge in [0.15, 0.2) is 0 Å². The molecule has 0 aliphatic rings. The van der Waals surface area contributed by atoms with E-state index in [4.69, 9.17) is 0 Å². The molecular weight excluding hydrogens is 248 g/mol. The van der Waals surface area contributed by atoms with Crippen LogP contribution in [0.1, 0.15) is 32.4 Å². The van der Waals surface area contributed by atoms with Crippen LogP contribution in [0.3, 0.4) is 0 Å². The molecule has 0 fully saturated rings. The van der Waals surface area contributed by atoms with E-state index in [1.807, 2.05) is 19.1 Å². The first kappa shape index (κ1) is 14.6. The molecule has 1 amide bonds. The minimum Gasteiger partial charge on any atom is -0.354 e. The summed E-state index contributed by atoms with van der Waals surface area (Å²) >= 11 is 0. The average Bonchev–Trinajstić information content (AvgIpc) is 2.76. The molecule has 2 aromatic rings. The zero-order chi connectivity index (χ0) is 14.5. The van der Waals surface area contributed by atoms with Gasteiger partial charge in [0.1, 0.15) is 6.54 Å². The van der Waals surface area contributed by atoms with Crippen molar-refractivity contribution in [3.05, 3.63) is 36.0 Å². The molecular formula is C17H24N2O. The van der Waals surface area contributed by atoms with E-state index >= 15 is 0 Å². The van der Waals surface area contributed by atoms with Crippen LogP contribution in [0.4, 0.5) is 0 Å². The van der Waals surface area contributed by atoms with Crippen LogP contribution in [0.15, 0.2) is 30.3 Å². The predicted molar refractivity (Wildman–Crippen MR) is 83.8 cm³/mol. The largest absolute Gasteiger partial charge is 0.354 e. The van der Waals surface area contributed by atoms with Gasteiger partial charge in [-0.2, -0.15) is 0 Å². The molecule has 0 aliphatic heterocycles. The van der Waals surface area contributed by atoms with Gasteiger partial charge in [0.25, 0.3) is 0 Å². The van der Waals surface area contributed by atoms with E-state index < -0.39 is 0 Å². The lowest BCUT2D eigenvalue weighted by atomic mass is 10.0. The van der Waals surface area contributed by atoms with Crippen LogP contribution >= 0.6 is 0 Å². The van der Waals surface area contributed by atoms with Crippen LogP contribution in [0.2, 0.25) is 0 Å². The van der Waals surface area contributed by atoms with Gasteiger partial charge in [0.05, 0.1) is 0 Å². The number of para-hydroxylation sites is 1. The van der Waals surface area contributed by atoms with E-state index in [0.29, 0.717) is 12.5 Å². The quantitative estimate of drug-likeness (QED) is 0.858. The number of fused-ring (bicyclic) bond motifs is 1. The highest BCUT2D eigenvalue weighted by Crippen LogP contribution is 2.18. The molecule has 108 valence electrons. The molecule has 1 heterocycles. The highest BCUT2D eigenvalue weighted by Gasteiger charge is 2.10. The Morgan fingerprint density at radius 2 is 1.95 bits per heavy atom. The lowest BCUT2D eigenvalue weighted by Gasteiger charge is -2.14. The van der Waals surface area contributed by atoms with Gasteiger partial charge in [-0.05, 0) is 30.4 Å². The fraction of sp³-hybridized carbons (Fsp3) is 0.471. The van der Waals surface area contributed by atoms with Crippen molar-refractivity contribution in [1.29, 1.82) is 0 Å². The number of amides is 1. The minimum atomic E-state index is 0.0985. The number of hydrogen-bond acceptors (Lipinski definition) is 1. The molecule has 0 radical (unpaired) electrons. The molecule has 0 bridgehead atoms. The van der Waals surface area contributed by atoms with Gasteiger partial charge in [0.2, 0.25) is 5.91 Å². The molecule has 0 saturated heterocycles. The number of carbonyl (C=O) groups is 1. The lowest BCUT2D eigenvalue weighted by Crippen LogP contribution is -2.32. The Hall–Kier alpha value is -1.77.